The highest BCUT2D eigenvalue weighted by atomic mass is 16.5. The van der Waals surface area contributed by atoms with Crippen molar-refractivity contribution in [2.75, 3.05) is 6.61 Å². The first-order valence-electron chi connectivity index (χ1n) is 9.98. The van der Waals surface area contributed by atoms with Crippen LogP contribution in [0.15, 0.2) is 115 Å². The molecule has 0 atom stereocenters. The maximum absolute atomic E-state index is 11.9. The third-order valence-corrected chi connectivity index (χ3v) is 4.37. The van der Waals surface area contributed by atoms with Gasteiger partial charge in [0.2, 0.25) is 0 Å². The largest absolute Gasteiger partial charge is 0.462 e. The van der Waals surface area contributed by atoms with Crippen LogP contribution in [0.2, 0.25) is 0 Å². The van der Waals surface area contributed by atoms with Gasteiger partial charge in [0.25, 0.3) is 0 Å². The van der Waals surface area contributed by atoms with E-state index in [-0.39, 0.29) is 5.97 Å². The van der Waals surface area contributed by atoms with Crippen molar-refractivity contribution >= 4 is 27.8 Å². The molecule has 0 aliphatic carbocycles. The summed E-state index contributed by atoms with van der Waals surface area (Å²) >= 11 is 0. The van der Waals surface area contributed by atoms with E-state index in [9.17, 15) is 4.79 Å². The van der Waals surface area contributed by atoms with E-state index in [0.717, 1.165) is 21.8 Å². The highest BCUT2D eigenvalue weighted by Gasteiger charge is 2.13. The Bertz CT molecular complexity index is 1080. The number of esters is 1. The number of rotatable bonds is 2. The Morgan fingerprint density at radius 2 is 1.17 bits per heavy atom. The van der Waals surface area contributed by atoms with Gasteiger partial charge in [0, 0.05) is 16.3 Å². The van der Waals surface area contributed by atoms with Crippen molar-refractivity contribution in [2.45, 2.75) is 6.92 Å². The molecule has 5 rings (SSSR count). The van der Waals surface area contributed by atoms with Crippen LogP contribution in [0.5, 0.6) is 0 Å². The Balaban J connectivity index is 0.000000173. The second-order valence-electron chi connectivity index (χ2n) is 6.43. The van der Waals surface area contributed by atoms with Gasteiger partial charge in [0.05, 0.1) is 17.7 Å². The van der Waals surface area contributed by atoms with E-state index >= 15 is 0 Å². The number of hydrogen-bond donors (Lipinski definition) is 1. The summed E-state index contributed by atoms with van der Waals surface area (Å²) in [6.07, 6.45) is 0. The molecule has 30 heavy (non-hydrogen) atoms. The Kier molecular flexibility index (Phi) is 7.81. The Morgan fingerprint density at radius 3 is 1.70 bits per heavy atom. The van der Waals surface area contributed by atoms with Crippen molar-refractivity contribution < 1.29 is 9.53 Å². The molecule has 0 aliphatic rings. The fraction of sp³-hybridized carbons (Fsp3) is 0.0741. The van der Waals surface area contributed by atoms with Gasteiger partial charge in [0.15, 0.2) is 0 Å². The molecule has 0 saturated heterocycles. The summed E-state index contributed by atoms with van der Waals surface area (Å²) in [4.78, 5) is 15.2. The lowest BCUT2D eigenvalue weighted by Gasteiger charge is -2.02. The number of nitrogens with one attached hydrogen (secondary N) is 1. The van der Waals surface area contributed by atoms with Gasteiger partial charge < -0.3 is 9.72 Å². The lowest BCUT2D eigenvalue weighted by Crippen LogP contribution is -2.05. The van der Waals surface area contributed by atoms with E-state index in [4.69, 9.17) is 4.74 Å². The molecule has 1 aromatic heterocycles. The molecule has 4 aromatic carbocycles. The summed E-state index contributed by atoms with van der Waals surface area (Å²) in [5, 5.41) is 2.18. The van der Waals surface area contributed by atoms with Crippen molar-refractivity contribution in [2.24, 2.45) is 0 Å². The second-order valence-corrected chi connectivity index (χ2v) is 6.43. The van der Waals surface area contributed by atoms with Gasteiger partial charge in [0.1, 0.15) is 0 Å². The van der Waals surface area contributed by atoms with Gasteiger partial charge in [-0.1, -0.05) is 103 Å². The molecule has 0 amide bonds. The van der Waals surface area contributed by atoms with Gasteiger partial charge in [-0.3, -0.25) is 0 Å². The molecule has 0 bridgehead atoms. The zero-order chi connectivity index (χ0) is 21.0. The molecule has 1 N–H and O–H groups in total. The van der Waals surface area contributed by atoms with E-state index in [1.165, 1.54) is 0 Å². The predicted molar refractivity (Wildman–Crippen MR) is 125 cm³/mol. The number of carbonyl (C=O) groups excluding carboxylic acids is 1. The van der Waals surface area contributed by atoms with Crippen LogP contribution >= 0.6 is 0 Å². The molecule has 0 aliphatic heterocycles. The Labute approximate surface area is 176 Å². The number of carbonyl (C=O) groups is 1. The average Bonchev–Trinajstić information content (AvgIpc) is 3.21. The number of fused-ring (bicyclic) bond motifs is 3. The summed E-state index contributed by atoms with van der Waals surface area (Å²) in [6.45, 7) is 2.19. The smallest absolute Gasteiger partial charge is 0.340 e. The van der Waals surface area contributed by atoms with Gasteiger partial charge >= 0.3 is 5.97 Å². The van der Waals surface area contributed by atoms with Crippen LogP contribution in [0.25, 0.3) is 21.8 Å². The van der Waals surface area contributed by atoms with Crippen LogP contribution in [0.1, 0.15) is 17.3 Å². The van der Waals surface area contributed by atoms with Gasteiger partial charge in [-0.15, -0.1) is 0 Å². The third kappa shape index (κ3) is 5.58. The van der Waals surface area contributed by atoms with Crippen molar-refractivity contribution in [1.29, 1.82) is 0 Å². The van der Waals surface area contributed by atoms with Crippen molar-refractivity contribution in [1.82, 2.24) is 4.98 Å². The number of H-pyrrole nitrogens is 1. The lowest BCUT2D eigenvalue weighted by atomic mass is 10.1. The van der Waals surface area contributed by atoms with Crippen LogP contribution < -0.4 is 0 Å². The van der Waals surface area contributed by atoms with Crippen LogP contribution in [0.3, 0.4) is 0 Å². The van der Waals surface area contributed by atoms with E-state index in [0.29, 0.717) is 12.2 Å². The number of aromatic amines is 1. The van der Waals surface area contributed by atoms with Crippen LogP contribution in [-0.2, 0) is 4.74 Å². The monoisotopic (exact) mass is 395 g/mol. The number of aromatic nitrogens is 1. The highest BCUT2D eigenvalue weighted by molar-refractivity contribution is 6.13. The molecule has 0 unspecified atom stereocenters. The fourth-order valence-electron chi connectivity index (χ4n) is 3.02. The summed E-state index contributed by atoms with van der Waals surface area (Å²) in [5.74, 6) is -0.283. The van der Waals surface area contributed by atoms with Crippen LogP contribution in [0, 0.1) is 0 Å². The van der Waals surface area contributed by atoms with Gasteiger partial charge in [-0.2, -0.15) is 0 Å². The first-order chi connectivity index (χ1) is 14.8. The summed E-state index contributed by atoms with van der Waals surface area (Å²) in [6, 6.07) is 37.7. The van der Waals surface area contributed by atoms with Gasteiger partial charge in [-0.05, 0) is 19.1 Å². The Hall–Kier alpha value is -3.85. The van der Waals surface area contributed by atoms with E-state index in [1.807, 2.05) is 116 Å². The standard InChI is InChI=1S/C15H13NO2.2C6H6/c1-2-18-15(17)12-8-5-7-11-10-6-3-4-9-13(10)16-14(11)12;2*1-2-4-6-5-3-1/h3-9,16H,2H2,1H3;2*1-6H. The van der Waals surface area contributed by atoms with E-state index in [2.05, 4.69) is 4.98 Å². The highest BCUT2D eigenvalue weighted by Crippen LogP contribution is 2.27. The predicted octanol–water partition coefficient (Wildman–Crippen LogP) is 6.87. The third-order valence-electron chi connectivity index (χ3n) is 4.37. The zero-order valence-electron chi connectivity index (χ0n) is 17.0. The quantitative estimate of drug-likeness (QED) is 0.331. The van der Waals surface area contributed by atoms with Crippen molar-refractivity contribution in [3.05, 3.63) is 121 Å². The van der Waals surface area contributed by atoms with E-state index < -0.39 is 0 Å². The normalized spacial score (nSPS) is 9.77. The number of ether oxygens (including phenoxy) is 1. The summed E-state index contributed by atoms with van der Waals surface area (Å²) in [7, 11) is 0. The first kappa shape index (κ1) is 20.9. The zero-order valence-corrected chi connectivity index (χ0v) is 17.0. The molecule has 3 heteroatoms. The molecule has 1 heterocycles. The Morgan fingerprint density at radius 1 is 0.667 bits per heavy atom. The second kappa shape index (κ2) is 11.2. The average molecular weight is 396 g/mol. The van der Waals surface area contributed by atoms with Crippen molar-refractivity contribution in [3.8, 4) is 0 Å². The molecular weight excluding hydrogens is 370 g/mol. The van der Waals surface area contributed by atoms with E-state index in [1.54, 1.807) is 6.07 Å². The topological polar surface area (TPSA) is 42.1 Å². The molecule has 0 spiro atoms. The van der Waals surface area contributed by atoms with Crippen molar-refractivity contribution in [3.63, 3.8) is 0 Å². The number of benzene rings is 4. The number of para-hydroxylation sites is 2. The summed E-state index contributed by atoms with van der Waals surface area (Å²) < 4.78 is 5.07. The van der Waals surface area contributed by atoms with Crippen LogP contribution in [0.4, 0.5) is 0 Å². The van der Waals surface area contributed by atoms with Crippen LogP contribution in [-0.4, -0.2) is 17.6 Å². The first-order valence-corrected chi connectivity index (χ1v) is 9.98. The van der Waals surface area contributed by atoms with Gasteiger partial charge in [-0.25, -0.2) is 4.79 Å². The lowest BCUT2D eigenvalue weighted by molar-refractivity contribution is 0.0528. The minimum atomic E-state index is -0.283. The molecule has 0 radical (unpaired) electrons. The maximum atomic E-state index is 11.9. The molecule has 0 saturated carbocycles. The SMILES string of the molecule is CCOC(=O)c1cccc2c1[nH]c1ccccc12.c1ccccc1.c1ccccc1. The number of hydrogen-bond acceptors (Lipinski definition) is 2. The minimum Gasteiger partial charge on any atom is -0.462 e. The molecule has 150 valence electrons. The minimum absolute atomic E-state index is 0.283. The summed E-state index contributed by atoms with van der Waals surface area (Å²) in [5.41, 5.74) is 2.46. The molecule has 5 aromatic rings. The fourth-order valence-corrected chi connectivity index (χ4v) is 3.02. The molecule has 3 nitrogen and oxygen atoms in total. The maximum Gasteiger partial charge on any atom is 0.340 e. The molecular formula is C27H25NO2. The molecule has 0 fully saturated rings.